The Labute approximate surface area is 104 Å². The van der Waals surface area contributed by atoms with E-state index in [0.717, 1.165) is 5.56 Å². The minimum absolute atomic E-state index is 0.121. The van der Waals surface area contributed by atoms with Crippen molar-refractivity contribution < 1.29 is 9.13 Å². The van der Waals surface area contributed by atoms with Crippen molar-refractivity contribution in [2.24, 2.45) is 5.84 Å². The maximum absolute atomic E-state index is 13.5. The number of hydrogen-bond acceptors (Lipinski definition) is 5. The van der Waals surface area contributed by atoms with E-state index >= 15 is 0 Å². The molecule has 18 heavy (non-hydrogen) atoms. The Morgan fingerprint density at radius 2 is 2.00 bits per heavy atom. The second kappa shape index (κ2) is 4.97. The Hall–Kier alpha value is -2.21. The van der Waals surface area contributed by atoms with Crippen LogP contribution in [0.1, 0.15) is 11.4 Å². The lowest BCUT2D eigenvalue weighted by Crippen LogP contribution is -2.10. The van der Waals surface area contributed by atoms with E-state index in [1.165, 1.54) is 12.1 Å². The fraction of sp³-hybridized carbons (Fsp3) is 0.167. The normalized spacial score (nSPS) is 10.2. The van der Waals surface area contributed by atoms with E-state index in [-0.39, 0.29) is 11.6 Å². The summed E-state index contributed by atoms with van der Waals surface area (Å²) in [7, 11) is 0. The number of hydrogen-bond donors (Lipinski definition) is 2. The number of aryl methyl sites for hydroxylation is 2. The Morgan fingerprint density at radius 1 is 1.22 bits per heavy atom. The highest BCUT2D eigenvalue weighted by molar-refractivity contribution is 5.39. The number of halogens is 1. The zero-order valence-corrected chi connectivity index (χ0v) is 10.1. The van der Waals surface area contributed by atoms with Crippen molar-refractivity contribution in [2.45, 2.75) is 13.8 Å². The summed E-state index contributed by atoms with van der Waals surface area (Å²) in [5.74, 6) is 6.07. The molecule has 6 heteroatoms. The molecule has 1 aromatic carbocycles. The fourth-order valence-electron chi connectivity index (χ4n) is 1.47. The number of rotatable bonds is 3. The molecule has 94 valence electrons. The molecule has 1 aromatic heterocycles. The molecule has 0 spiro atoms. The van der Waals surface area contributed by atoms with Gasteiger partial charge in [-0.05, 0) is 31.5 Å². The summed E-state index contributed by atoms with van der Waals surface area (Å²) in [5.41, 5.74) is 3.29. The molecule has 0 aliphatic heterocycles. The van der Waals surface area contributed by atoms with Crippen LogP contribution in [0.4, 0.5) is 10.2 Å². The molecule has 0 atom stereocenters. The Balaban J connectivity index is 2.33. The van der Waals surface area contributed by atoms with Gasteiger partial charge in [-0.1, -0.05) is 6.07 Å². The zero-order valence-electron chi connectivity index (χ0n) is 10.1. The average Bonchev–Trinajstić information content (AvgIpc) is 2.33. The number of aromatic nitrogens is 2. The molecule has 2 rings (SSSR count). The van der Waals surface area contributed by atoms with Gasteiger partial charge in [-0.3, -0.25) is 0 Å². The van der Waals surface area contributed by atoms with Gasteiger partial charge in [0.1, 0.15) is 11.6 Å². The summed E-state index contributed by atoms with van der Waals surface area (Å²) in [6, 6.07) is 6.11. The van der Waals surface area contributed by atoms with Gasteiger partial charge < -0.3 is 10.2 Å². The number of hydrazine groups is 1. The second-order valence-electron chi connectivity index (χ2n) is 3.82. The van der Waals surface area contributed by atoms with Crippen LogP contribution < -0.4 is 16.0 Å². The molecule has 3 N–H and O–H groups in total. The van der Waals surface area contributed by atoms with Crippen molar-refractivity contribution in [3.63, 3.8) is 0 Å². The topological polar surface area (TPSA) is 73.1 Å². The van der Waals surface area contributed by atoms with Crippen LogP contribution in [0.15, 0.2) is 24.3 Å². The lowest BCUT2D eigenvalue weighted by molar-refractivity contribution is 0.425. The minimum atomic E-state index is -0.445. The van der Waals surface area contributed by atoms with Crippen molar-refractivity contribution in [2.75, 3.05) is 5.43 Å². The van der Waals surface area contributed by atoms with Gasteiger partial charge in [0.05, 0.1) is 0 Å². The van der Waals surface area contributed by atoms with Crippen LogP contribution in [0.5, 0.6) is 11.6 Å². The van der Waals surface area contributed by atoms with Crippen molar-refractivity contribution in [1.29, 1.82) is 0 Å². The SMILES string of the molecule is Cc1ccc(F)c(Oc2cc(NN)nc(C)n2)c1. The third-order valence-corrected chi connectivity index (χ3v) is 2.26. The van der Waals surface area contributed by atoms with E-state index in [4.69, 9.17) is 10.6 Å². The van der Waals surface area contributed by atoms with Gasteiger partial charge in [-0.15, -0.1) is 0 Å². The molecule has 0 unspecified atom stereocenters. The van der Waals surface area contributed by atoms with E-state index in [2.05, 4.69) is 15.4 Å². The van der Waals surface area contributed by atoms with Crippen molar-refractivity contribution in [1.82, 2.24) is 9.97 Å². The fourth-order valence-corrected chi connectivity index (χ4v) is 1.47. The zero-order chi connectivity index (χ0) is 13.1. The van der Waals surface area contributed by atoms with Gasteiger partial charge in [-0.25, -0.2) is 15.2 Å². The molecule has 0 saturated carbocycles. The van der Waals surface area contributed by atoms with Gasteiger partial charge in [-0.2, -0.15) is 4.98 Å². The van der Waals surface area contributed by atoms with Crippen LogP contribution in [0.2, 0.25) is 0 Å². The molecule has 0 aliphatic rings. The molecular weight excluding hydrogens is 235 g/mol. The third kappa shape index (κ3) is 2.72. The van der Waals surface area contributed by atoms with Gasteiger partial charge >= 0.3 is 0 Å². The Morgan fingerprint density at radius 3 is 2.72 bits per heavy atom. The first-order valence-corrected chi connectivity index (χ1v) is 5.35. The first kappa shape index (κ1) is 12.3. The van der Waals surface area contributed by atoms with E-state index in [1.807, 2.05) is 6.92 Å². The highest BCUT2D eigenvalue weighted by atomic mass is 19.1. The van der Waals surface area contributed by atoms with E-state index < -0.39 is 5.82 Å². The van der Waals surface area contributed by atoms with Gasteiger partial charge in [0.25, 0.3) is 0 Å². The minimum Gasteiger partial charge on any atom is -0.436 e. The van der Waals surface area contributed by atoms with Crippen molar-refractivity contribution in [3.05, 3.63) is 41.5 Å². The van der Waals surface area contributed by atoms with Crippen LogP contribution in [0.25, 0.3) is 0 Å². The number of nitrogens with zero attached hydrogens (tertiary/aromatic N) is 2. The maximum Gasteiger partial charge on any atom is 0.224 e. The molecule has 0 saturated heterocycles. The maximum atomic E-state index is 13.5. The van der Waals surface area contributed by atoms with Crippen LogP contribution in [-0.4, -0.2) is 9.97 Å². The first-order valence-electron chi connectivity index (χ1n) is 5.35. The van der Waals surface area contributed by atoms with Crippen LogP contribution in [0.3, 0.4) is 0 Å². The molecular formula is C12H13FN4O. The first-order chi connectivity index (χ1) is 8.58. The number of ether oxygens (including phenoxy) is 1. The summed E-state index contributed by atoms with van der Waals surface area (Å²) in [6.07, 6.45) is 0. The molecule has 0 fully saturated rings. The molecule has 0 amide bonds. The largest absolute Gasteiger partial charge is 0.436 e. The summed E-state index contributed by atoms with van der Waals surface area (Å²) < 4.78 is 18.9. The molecule has 0 aliphatic carbocycles. The molecule has 0 bridgehead atoms. The standard InChI is InChI=1S/C12H13FN4O/c1-7-3-4-9(13)10(5-7)18-12-6-11(17-14)15-8(2)16-12/h3-6H,14H2,1-2H3,(H,15,16,17). The van der Waals surface area contributed by atoms with Gasteiger partial charge in [0, 0.05) is 6.07 Å². The number of nitrogen functional groups attached to an aromatic ring is 1. The smallest absolute Gasteiger partial charge is 0.224 e. The monoisotopic (exact) mass is 248 g/mol. The Bertz CT molecular complexity index is 574. The summed E-state index contributed by atoms with van der Waals surface area (Å²) in [4.78, 5) is 8.07. The summed E-state index contributed by atoms with van der Waals surface area (Å²) in [6.45, 7) is 3.55. The summed E-state index contributed by atoms with van der Waals surface area (Å²) in [5, 5.41) is 0. The van der Waals surface area contributed by atoms with Crippen LogP contribution in [0, 0.1) is 19.7 Å². The Kier molecular flexibility index (Phi) is 3.38. The average molecular weight is 248 g/mol. The summed E-state index contributed by atoms with van der Waals surface area (Å²) >= 11 is 0. The van der Waals surface area contributed by atoms with Crippen molar-refractivity contribution in [3.8, 4) is 11.6 Å². The number of anilines is 1. The van der Waals surface area contributed by atoms with Crippen molar-refractivity contribution >= 4 is 5.82 Å². The predicted octanol–water partition coefficient (Wildman–Crippen LogP) is 2.31. The quantitative estimate of drug-likeness (QED) is 0.644. The molecule has 5 nitrogen and oxygen atoms in total. The molecule has 2 aromatic rings. The van der Waals surface area contributed by atoms with Gasteiger partial charge in [0.2, 0.25) is 5.88 Å². The number of benzene rings is 1. The lowest BCUT2D eigenvalue weighted by Gasteiger charge is -2.08. The lowest BCUT2D eigenvalue weighted by atomic mass is 10.2. The van der Waals surface area contributed by atoms with Gasteiger partial charge in [0.15, 0.2) is 11.6 Å². The highest BCUT2D eigenvalue weighted by Crippen LogP contribution is 2.25. The number of nitrogens with one attached hydrogen (secondary N) is 1. The second-order valence-corrected chi connectivity index (χ2v) is 3.82. The highest BCUT2D eigenvalue weighted by Gasteiger charge is 2.08. The van der Waals surface area contributed by atoms with Crippen LogP contribution >= 0.6 is 0 Å². The molecule has 0 radical (unpaired) electrons. The third-order valence-electron chi connectivity index (χ3n) is 2.26. The van der Waals surface area contributed by atoms with Crippen LogP contribution in [-0.2, 0) is 0 Å². The number of nitrogens with two attached hydrogens (primary N) is 1. The van der Waals surface area contributed by atoms with E-state index in [1.54, 1.807) is 19.1 Å². The van der Waals surface area contributed by atoms with E-state index in [9.17, 15) is 4.39 Å². The van der Waals surface area contributed by atoms with E-state index in [0.29, 0.717) is 11.6 Å². The predicted molar refractivity (Wildman–Crippen MR) is 65.8 cm³/mol. The molecule has 1 heterocycles.